The third-order valence-corrected chi connectivity index (χ3v) is 19.8. The summed E-state index contributed by atoms with van der Waals surface area (Å²) in [6, 6.07) is 118. The molecule has 10 nitrogen and oxygen atoms in total. The van der Waals surface area contributed by atoms with Gasteiger partial charge in [-0.15, -0.1) is 0 Å². The number of aromatic nitrogens is 10. The fourth-order valence-corrected chi connectivity index (χ4v) is 14.5. The zero-order valence-corrected chi connectivity index (χ0v) is 58.3. The number of para-hydroxylation sites is 2. The Morgan fingerprint density at radius 2 is 0.676 bits per heavy atom. The molecule has 20 aromatic rings. The topological polar surface area (TPSA) is 108 Å². The summed E-state index contributed by atoms with van der Waals surface area (Å²) in [7, 11) is 0. The number of pyridine rings is 2. The number of hydrogen-bond donors (Lipinski definition) is 1. The zero-order chi connectivity index (χ0) is 70.0. The van der Waals surface area contributed by atoms with E-state index in [9.17, 15) is 0 Å². The van der Waals surface area contributed by atoms with E-state index in [-0.39, 0.29) is 0 Å². The van der Waals surface area contributed by atoms with Crippen LogP contribution < -0.4 is 0 Å². The van der Waals surface area contributed by atoms with Crippen molar-refractivity contribution in [2.45, 2.75) is 0 Å². The lowest BCUT2D eigenvalue weighted by atomic mass is 10.1. The monoisotopic (exact) mass is 1410 g/mol. The van der Waals surface area contributed by atoms with Gasteiger partial charge in [0.15, 0.2) is 11.6 Å². The van der Waals surface area contributed by atoms with E-state index < -0.39 is 0 Å². The Bertz CT molecular complexity index is 6380. The number of fused-ring (bicyclic) bond motifs is 10. The Kier molecular flexibility index (Phi) is 16.9. The van der Waals surface area contributed by atoms with Crippen LogP contribution in [0, 0.1) is 0 Å². The number of H-pyrrole nitrogens is 1. The SMILES string of the molecule is Brc1ccc(-c2ccncc2)cc1.c1ccc(-c2cc(-c3ccccc3)nc(-c3cccc(-n4ccc5ccc6c7ccccc7[nH]c6c54)c3)n2)cc1.c1ccc(-c2cc(-c3ccccc3)nc(-c3cccc(-n4ccc5ccc6c7ccccc7n(-c7ccc(-c8ccncc8)cc7)c6c54)c3)n2)cc1. The summed E-state index contributed by atoms with van der Waals surface area (Å²) in [5.41, 5.74) is 24.6. The van der Waals surface area contributed by atoms with Gasteiger partial charge in [0.2, 0.25) is 0 Å². The maximum atomic E-state index is 5.12. The molecule has 0 aliphatic rings. The van der Waals surface area contributed by atoms with Crippen LogP contribution in [0.5, 0.6) is 0 Å². The predicted molar refractivity (Wildman–Crippen MR) is 435 cm³/mol. The fourth-order valence-electron chi connectivity index (χ4n) is 14.2. The number of aromatic amines is 1. The lowest BCUT2D eigenvalue weighted by molar-refractivity contribution is 1.11. The highest BCUT2D eigenvalue weighted by Crippen LogP contribution is 2.41. The van der Waals surface area contributed by atoms with E-state index in [1.807, 2.05) is 122 Å². The van der Waals surface area contributed by atoms with Gasteiger partial charge in [0.1, 0.15) is 0 Å². The molecule has 0 aliphatic heterocycles. The summed E-state index contributed by atoms with van der Waals surface area (Å²) in [5, 5.41) is 7.26. The van der Waals surface area contributed by atoms with E-state index in [0.29, 0.717) is 11.6 Å². The summed E-state index contributed by atoms with van der Waals surface area (Å²) >= 11 is 3.41. The lowest BCUT2D eigenvalue weighted by Crippen LogP contribution is -1.99. The molecule has 0 amide bonds. The van der Waals surface area contributed by atoms with Crippen LogP contribution in [-0.4, -0.2) is 48.6 Å². The van der Waals surface area contributed by atoms with E-state index in [2.05, 4.69) is 287 Å². The molecule has 0 unspecified atom stereocenters. The molecule has 8 aromatic heterocycles. The minimum atomic E-state index is 0.687. The van der Waals surface area contributed by atoms with Crippen molar-refractivity contribution in [1.29, 1.82) is 0 Å². The number of hydrogen-bond acceptors (Lipinski definition) is 6. The molecule has 0 aliphatic carbocycles. The standard InChI is InChI=1S/C47H31N5.C36H24N4.C11H8BrN/c1-3-10-34(11-4-1)42-31-43(35-12-5-2-6-13-35)50-47(49-42)37-14-9-15-39(30-37)51-29-26-36-20-23-41-40-16-7-8-17-44(40)52(46(41)45(36)51)38-21-18-32(19-22-38)33-24-27-48-28-25-33;1-3-10-24(11-4-1)32-23-33(25-12-5-2-6-13-25)39-36(38-32)27-14-9-15-28(22-27)40-21-20-26-18-19-30-29-16-7-8-17-31(29)37-34(30)35(26)40;12-11-3-1-9(2-4-11)10-5-7-13-8-6-10/h1-31H;1-23,37H;1-8H. The Balaban J connectivity index is 0.000000130. The molecule has 496 valence electrons. The fraction of sp³-hybridized carbons (Fsp3) is 0. The molecule has 0 atom stereocenters. The van der Waals surface area contributed by atoms with Crippen molar-refractivity contribution >= 4 is 81.3 Å². The van der Waals surface area contributed by atoms with Gasteiger partial charge >= 0.3 is 0 Å². The Hall–Kier alpha value is -13.7. The van der Waals surface area contributed by atoms with Gasteiger partial charge in [-0.25, -0.2) is 19.9 Å². The van der Waals surface area contributed by atoms with Crippen LogP contribution in [0.1, 0.15) is 0 Å². The molecule has 0 spiro atoms. The highest BCUT2D eigenvalue weighted by atomic mass is 79.9. The molecule has 11 heteroatoms. The Morgan fingerprint density at radius 1 is 0.267 bits per heavy atom. The van der Waals surface area contributed by atoms with Crippen molar-refractivity contribution in [3.63, 3.8) is 0 Å². The highest BCUT2D eigenvalue weighted by molar-refractivity contribution is 9.10. The molecule has 0 radical (unpaired) electrons. The van der Waals surface area contributed by atoms with Crippen LogP contribution in [-0.2, 0) is 0 Å². The molecule has 20 rings (SSSR count). The first-order valence-electron chi connectivity index (χ1n) is 34.9. The summed E-state index contributed by atoms with van der Waals surface area (Å²) in [4.78, 5) is 32.2. The average Bonchev–Trinajstić information content (AvgIpc) is 1.57. The zero-order valence-electron chi connectivity index (χ0n) is 56.7. The third kappa shape index (κ3) is 12.6. The molecular weight excluding hydrogens is 1350 g/mol. The molecule has 0 saturated carbocycles. The summed E-state index contributed by atoms with van der Waals surface area (Å²) < 4.78 is 8.07. The normalized spacial score (nSPS) is 11.3. The summed E-state index contributed by atoms with van der Waals surface area (Å²) in [6.45, 7) is 0. The number of rotatable bonds is 11. The second-order valence-electron chi connectivity index (χ2n) is 25.7. The van der Waals surface area contributed by atoms with Crippen molar-refractivity contribution in [3.05, 3.63) is 381 Å². The number of halogens is 1. The highest BCUT2D eigenvalue weighted by Gasteiger charge is 2.21. The van der Waals surface area contributed by atoms with Gasteiger partial charge in [-0.1, -0.05) is 246 Å². The summed E-state index contributed by atoms with van der Waals surface area (Å²) in [5.74, 6) is 1.39. The molecule has 0 bridgehead atoms. The minimum absolute atomic E-state index is 0.687. The first-order valence-corrected chi connectivity index (χ1v) is 35.7. The Morgan fingerprint density at radius 3 is 1.18 bits per heavy atom. The molecule has 12 aromatic carbocycles. The van der Waals surface area contributed by atoms with Crippen LogP contribution in [0.4, 0.5) is 0 Å². The minimum Gasteiger partial charge on any atom is -0.353 e. The smallest absolute Gasteiger partial charge is 0.160 e. The van der Waals surface area contributed by atoms with Crippen LogP contribution in [0.3, 0.4) is 0 Å². The van der Waals surface area contributed by atoms with E-state index >= 15 is 0 Å². The quantitative estimate of drug-likeness (QED) is 0.138. The van der Waals surface area contributed by atoms with E-state index in [4.69, 9.17) is 19.9 Å². The Labute approximate surface area is 614 Å². The number of nitrogens with zero attached hydrogens (tertiary/aromatic N) is 9. The van der Waals surface area contributed by atoms with E-state index in [1.54, 1.807) is 12.4 Å². The number of nitrogens with one attached hydrogen (secondary N) is 1. The van der Waals surface area contributed by atoms with Gasteiger partial charge < -0.3 is 18.7 Å². The van der Waals surface area contributed by atoms with Gasteiger partial charge in [0, 0.05) is 130 Å². The van der Waals surface area contributed by atoms with Gasteiger partial charge in [-0.05, 0) is 131 Å². The second-order valence-corrected chi connectivity index (χ2v) is 26.7. The van der Waals surface area contributed by atoms with Crippen LogP contribution in [0.15, 0.2) is 381 Å². The van der Waals surface area contributed by atoms with E-state index in [0.717, 1.165) is 111 Å². The molecule has 0 saturated heterocycles. The third-order valence-electron chi connectivity index (χ3n) is 19.3. The van der Waals surface area contributed by atoms with Gasteiger partial charge in [-0.2, -0.15) is 0 Å². The maximum absolute atomic E-state index is 5.12. The van der Waals surface area contributed by atoms with Crippen molar-refractivity contribution in [2.75, 3.05) is 0 Å². The van der Waals surface area contributed by atoms with Crippen molar-refractivity contribution < 1.29 is 0 Å². The molecular formula is C94H63BrN10. The molecule has 105 heavy (non-hydrogen) atoms. The largest absolute Gasteiger partial charge is 0.353 e. The average molecular weight is 1410 g/mol. The van der Waals surface area contributed by atoms with Crippen LogP contribution in [0.2, 0.25) is 0 Å². The van der Waals surface area contributed by atoms with Gasteiger partial charge in [-0.3, -0.25) is 9.97 Å². The van der Waals surface area contributed by atoms with Crippen LogP contribution in [0.25, 0.3) is 173 Å². The van der Waals surface area contributed by atoms with E-state index in [1.165, 1.54) is 54.5 Å². The lowest BCUT2D eigenvalue weighted by Gasteiger charge is -2.13. The number of benzene rings is 12. The second kappa shape index (κ2) is 28.0. The van der Waals surface area contributed by atoms with Crippen molar-refractivity contribution in [3.8, 4) is 107 Å². The van der Waals surface area contributed by atoms with Crippen LogP contribution >= 0.6 is 15.9 Å². The molecule has 0 fully saturated rings. The maximum Gasteiger partial charge on any atom is 0.160 e. The first-order chi connectivity index (χ1) is 52.0. The van der Waals surface area contributed by atoms with Gasteiger partial charge in [0.05, 0.1) is 50.4 Å². The van der Waals surface area contributed by atoms with Crippen molar-refractivity contribution in [1.82, 2.24) is 48.6 Å². The predicted octanol–water partition coefficient (Wildman–Crippen LogP) is 24.1. The molecule has 8 heterocycles. The van der Waals surface area contributed by atoms with Gasteiger partial charge in [0.25, 0.3) is 0 Å². The summed E-state index contributed by atoms with van der Waals surface area (Å²) in [6.07, 6.45) is 11.6. The molecule has 1 N–H and O–H groups in total. The first kappa shape index (κ1) is 63.4. The van der Waals surface area contributed by atoms with Crippen molar-refractivity contribution in [2.24, 2.45) is 0 Å².